The highest BCUT2D eigenvalue weighted by molar-refractivity contribution is 7.92. The van der Waals surface area contributed by atoms with Crippen molar-refractivity contribution in [1.29, 1.82) is 0 Å². The maximum atomic E-state index is 14.0. The number of hydrogen-bond donors (Lipinski definition) is 1. The van der Waals surface area contributed by atoms with Crippen molar-refractivity contribution in [3.63, 3.8) is 0 Å². The Bertz CT molecular complexity index is 1530. The van der Waals surface area contributed by atoms with Crippen LogP contribution in [0.25, 0.3) is 0 Å². The molecule has 1 N–H and O–H groups in total. The molecule has 0 aliphatic carbocycles. The summed E-state index contributed by atoms with van der Waals surface area (Å²) in [6.07, 6.45) is 0. The van der Waals surface area contributed by atoms with Crippen LogP contribution in [0.4, 0.5) is 10.1 Å². The molecule has 0 radical (unpaired) electrons. The molecule has 0 saturated heterocycles. The third kappa shape index (κ3) is 8.13. The Labute approximate surface area is 251 Å². The summed E-state index contributed by atoms with van der Waals surface area (Å²) in [5, 5.41) is 3.30. The number of rotatable bonds is 11. The van der Waals surface area contributed by atoms with Crippen molar-refractivity contribution in [3.05, 3.63) is 83.1 Å². The SMILES string of the molecule is COc1ccc(S(=O)(=O)N(CC(=O)N(Cc2cccc(Cl)c2)[C@H](C)C(=O)NC(C)(C)C)c2ccc(F)cc2)cc1OC. The van der Waals surface area contributed by atoms with Gasteiger partial charge in [0, 0.05) is 23.2 Å². The minimum atomic E-state index is -4.40. The number of nitrogens with one attached hydrogen (secondary N) is 1. The lowest BCUT2D eigenvalue weighted by Gasteiger charge is -2.33. The Kier molecular flexibility index (Phi) is 10.5. The lowest BCUT2D eigenvalue weighted by atomic mass is 10.1. The summed E-state index contributed by atoms with van der Waals surface area (Å²) in [5.74, 6) is -1.19. The maximum Gasteiger partial charge on any atom is 0.264 e. The largest absolute Gasteiger partial charge is 0.493 e. The van der Waals surface area contributed by atoms with Crippen LogP contribution >= 0.6 is 11.6 Å². The number of sulfonamides is 1. The third-order valence-corrected chi connectivity index (χ3v) is 8.25. The average Bonchev–Trinajstić information content (AvgIpc) is 2.93. The van der Waals surface area contributed by atoms with E-state index in [0.717, 1.165) is 16.4 Å². The van der Waals surface area contributed by atoms with Gasteiger partial charge in [0.2, 0.25) is 11.8 Å². The van der Waals surface area contributed by atoms with Crippen LogP contribution in [0.3, 0.4) is 0 Å². The van der Waals surface area contributed by atoms with E-state index in [0.29, 0.717) is 16.3 Å². The fourth-order valence-electron chi connectivity index (χ4n) is 4.13. The summed E-state index contributed by atoms with van der Waals surface area (Å²) in [6, 6.07) is 14.6. The van der Waals surface area contributed by atoms with Gasteiger partial charge in [-0.1, -0.05) is 23.7 Å². The molecule has 12 heteroatoms. The van der Waals surface area contributed by atoms with Crippen LogP contribution in [0.1, 0.15) is 33.3 Å². The van der Waals surface area contributed by atoms with Crippen LogP contribution < -0.4 is 19.1 Å². The number of nitrogens with zero attached hydrogens (tertiary/aromatic N) is 2. The molecule has 226 valence electrons. The van der Waals surface area contributed by atoms with E-state index in [-0.39, 0.29) is 22.9 Å². The summed E-state index contributed by atoms with van der Waals surface area (Å²) < 4.78 is 53.2. The highest BCUT2D eigenvalue weighted by atomic mass is 35.5. The minimum Gasteiger partial charge on any atom is -0.493 e. The van der Waals surface area contributed by atoms with Crippen LogP contribution in [0, 0.1) is 5.82 Å². The zero-order valence-electron chi connectivity index (χ0n) is 24.4. The third-order valence-electron chi connectivity index (χ3n) is 6.24. The normalized spacial score (nSPS) is 12.3. The number of hydrogen-bond acceptors (Lipinski definition) is 6. The van der Waals surface area contributed by atoms with Gasteiger partial charge in [-0.05, 0) is 81.8 Å². The average molecular weight is 620 g/mol. The van der Waals surface area contributed by atoms with Crippen molar-refractivity contribution >= 4 is 39.1 Å². The molecule has 2 amide bonds. The van der Waals surface area contributed by atoms with Crippen molar-refractivity contribution < 1.29 is 31.9 Å². The van der Waals surface area contributed by atoms with Gasteiger partial charge in [-0.25, -0.2) is 12.8 Å². The number of benzene rings is 3. The Morgan fingerprint density at radius 2 is 1.62 bits per heavy atom. The van der Waals surface area contributed by atoms with Gasteiger partial charge in [0.25, 0.3) is 10.0 Å². The van der Waals surface area contributed by atoms with Crippen LogP contribution in [-0.4, -0.2) is 57.5 Å². The number of anilines is 1. The van der Waals surface area contributed by atoms with E-state index in [9.17, 15) is 22.4 Å². The van der Waals surface area contributed by atoms with Crippen LogP contribution in [0.5, 0.6) is 11.5 Å². The fourth-order valence-corrected chi connectivity index (χ4v) is 5.77. The molecule has 0 aliphatic heterocycles. The van der Waals surface area contributed by atoms with E-state index in [1.807, 2.05) is 20.8 Å². The topological polar surface area (TPSA) is 105 Å². The van der Waals surface area contributed by atoms with E-state index >= 15 is 0 Å². The molecule has 0 heterocycles. The highest BCUT2D eigenvalue weighted by Crippen LogP contribution is 2.32. The lowest BCUT2D eigenvalue weighted by molar-refractivity contribution is -0.140. The first-order valence-corrected chi connectivity index (χ1v) is 14.8. The first kappa shape index (κ1) is 32.7. The van der Waals surface area contributed by atoms with E-state index in [4.69, 9.17) is 21.1 Å². The van der Waals surface area contributed by atoms with Gasteiger partial charge in [-0.15, -0.1) is 0 Å². The van der Waals surface area contributed by atoms with Crippen LogP contribution in [0.2, 0.25) is 5.02 Å². The molecule has 0 saturated carbocycles. The monoisotopic (exact) mass is 619 g/mol. The zero-order valence-corrected chi connectivity index (χ0v) is 25.9. The molecule has 42 heavy (non-hydrogen) atoms. The van der Waals surface area contributed by atoms with Gasteiger partial charge in [-0.2, -0.15) is 0 Å². The quantitative estimate of drug-likeness (QED) is 0.323. The summed E-state index contributed by atoms with van der Waals surface area (Å²) in [7, 11) is -1.62. The summed E-state index contributed by atoms with van der Waals surface area (Å²) in [6.45, 7) is 6.29. The molecular weight excluding hydrogens is 585 g/mol. The second kappa shape index (κ2) is 13.4. The van der Waals surface area contributed by atoms with E-state index in [1.165, 1.54) is 49.5 Å². The predicted octanol–water partition coefficient (Wildman–Crippen LogP) is 5.02. The van der Waals surface area contributed by atoms with Crippen molar-refractivity contribution in [2.45, 2.75) is 50.7 Å². The molecule has 9 nitrogen and oxygen atoms in total. The number of halogens is 2. The molecule has 3 rings (SSSR count). The molecule has 0 aromatic heterocycles. The van der Waals surface area contributed by atoms with Crippen molar-refractivity contribution in [2.75, 3.05) is 25.1 Å². The summed E-state index contributed by atoms with van der Waals surface area (Å²) in [4.78, 5) is 28.3. The predicted molar refractivity (Wildman–Crippen MR) is 160 cm³/mol. The minimum absolute atomic E-state index is 0.0220. The molecule has 1 atom stereocenters. The van der Waals surface area contributed by atoms with Gasteiger partial charge < -0.3 is 19.7 Å². The maximum absolute atomic E-state index is 14.0. The summed E-state index contributed by atoms with van der Waals surface area (Å²) >= 11 is 6.17. The molecule has 0 fully saturated rings. The number of amides is 2. The standard InChI is InChI=1S/C30H35ClFN3O6S/c1-20(29(37)33-30(2,3)4)34(18-21-8-7-9-22(31)16-21)28(36)19-35(24-12-10-23(32)11-13-24)42(38,39)25-14-15-26(40-5)27(17-25)41-6/h7-17,20H,18-19H2,1-6H3,(H,33,37)/t20-/m1/s1. The van der Waals surface area contributed by atoms with Gasteiger partial charge in [-0.3, -0.25) is 13.9 Å². The molecular formula is C30H35ClFN3O6S. The molecule has 0 bridgehead atoms. The van der Waals surface area contributed by atoms with E-state index in [1.54, 1.807) is 31.2 Å². The smallest absolute Gasteiger partial charge is 0.264 e. The summed E-state index contributed by atoms with van der Waals surface area (Å²) in [5.41, 5.74) is 0.115. The Morgan fingerprint density at radius 3 is 2.19 bits per heavy atom. The van der Waals surface area contributed by atoms with Crippen LogP contribution in [0.15, 0.2) is 71.6 Å². The lowest BCUT2D eigenvalue weighted by Crippen LogP contribution is -2.54. The highest BCUT2D eigenvalue weighted by Gasteiger charge is 2.34. The van der Waals surface area contributed by atoms with Gasteiger partial charge in [0.05, 0.1) is 24.8 Å². The first-order valence-electron chi connectivity index (χ1n) is 13.0. The van der Waals surface area contributed by atoms with Gasteiger partial charge >= 0.3 is 0 Å². The molecule has 0 spiro atoms. The van der Waals surface area contributed by atoms with Crippen LogP contribution in [-0.2, 0) is 26.2 Å². The Balaban J connectivity index is 2.08. The second-order valence-electron chi connectivity index (χ2n) is 10.6. The number of carbonyl (C=O) groups excluding carboxylic acids is 2. The first-order chi connectivity index (χ1) is 19.7. The zero-order chi connectivity index (χ0) is 31.2. The van der Waals surface area contributed by atoms with Gasteiger partial charge in [0.15, 0.2) is 11.5 Å². The van der Waals surface area contributed by atoms with Gasteiger partial charge in [0.1, 0.15) is 18.4 Å². The van der Waals surface area contributed by atoms with Crippen molar-refractivity contribution in [3.8, 4) is 11.5 Å². The molecule has 3 aromatic rings. The van der Waals surface area contributed by atoms with E-state index in [2.05, 4.69) is 5.32 Å². The Hall–Kier alpha value is -3.83. The number of methoxy groups -OCH3 is 2. The Morgan fingerprint density at radius 1 is 0.976 bits per heavy atom. The van der Waals surface area contributed by atoms with E-state index < -0.39 is 45.8 Å². The molecule has 0 aliphatic rings. The second-order valence-corrected chi connectivity index (χ2v) is 12.9. The number of ether oxygens (including phenoxy) is 2. The molecule has 0 unspecified atom stereocenters. The molecule has 3 aromatic carbocycles. The van der Waals surface area contributed by atoms with Crippen molar-refractivity contribution in [1.82, 2.24) is 10.2 Å². The number of carbonyl (C=O) groups is 2. The van der Waals surface area contributed by atoms with Crippen molar-refractivity contribution in [2.24, 2.45) is 0 Å². The fraction of sp³-hybridized carbons (Fsp3) is 0.333.